The topological polar surface area (TPSA) is 62.1 Å². The Morgan fingerprint density at radius 1 is 1.67 bits per heavy atom. The molecule has 0 saturated carbocycles. The van der Waals surface area contributed by atoms with Crippen LogP contribution in [0, 0.1) is 17.2 Å². The van der Waals surface area contributed by atoms with Gasteiger partial charge in [-0.2, -0.15) is 5.26 Å². The Morgan fingerprint density at radius 3 is 3.06 bits per heavy atom. The van der Waals surface area contributed by atoms with E-state index in [1.807, 2.05) is 0 Å². The molecule has 2 rings (SSSR count). The van der Waals surface area contributed by atoms with E-state index in [0.29, 0.717) is 16.5 Å². The summed E-state index contributed by atoms with van der Waals surface area (Å²) in [4.78, 5) is 11.6. The maximum absolute atomic E-state index is 10.4. The molecule has 1 N–H and O–H groups in total. The molecule has 1 atom stereocenters. The number of nitrogens with zero attached hydrogens (tertiary/aromatic N) is 1. The number of rotatable bonds is 4. The minimum absolute atomic E-state index is 0. The minimum atomic E-state index is 0. The van der Waals surface area contributed by atoms with Gasteiger partial charge in [-0.25, -0.2) is 11.3 Å². The Hall–Kier alpha value is 0.425. The van der Waals surface area contributed by atoms with Gasteiger partial charge in [0.2, 0.25) is 0 Å². The van der Waals surface area contributed by atoms with Crippen LogP contribution in [-0.2, 0) is 22.4 Å². The number of methoxy groups -OCH3 is 1. The van der Waals surface area contributed by atoms with Crippen molar-refractivity contribution >= 4 is 22.7 Å². The number of ether oxygens (including phenoxy) is 1. The minimum Gasteiger partial charge on any atom is -0.481 e. The van der Waals surface area contributed by atoms with E-state index in [1.54, 1.807) is 13.5 Å². The Labute approximate surface area is 159 Å². The molecule has 0 radical (unpaired) electrons. The number of thiophene rings is 1. The van der Waals surface area contributed by atoms with Crippen LogP contribution in [0.15, 0.2) is 0 Å². The number of nitriles is 1. The van der Waals surface area contributed by atoms with E-state index in [0.717, 1.165) is 31.4 Å². The van der Waals surface area contributed by atoms with Gasteiger partial charge in [-0.1, -0.05) is 0 Å². The maximum atomic E-state index is 10.4. The number of hydrogen-bond donors (Lipinski definition) is 1. The van der Waals surface area contributed by atoms with Crippen molar-refractivity contribution in [3.63, 3.8) is 0 Å². The number of nitrogens with one attached hydrogen (secondary N) is 1. The fourth-order valence-corrected chi connectivity index (χ4v) is 3.54. The second kappa shape index (κ2) is 7.88. The Balaban J connectivity index is 0.00000162. The summed E-state index contributed by atoms with van der Waals surface area (Å²) in [6.45, 7) is 0.752. The Bertz CT molecular complexity index is 467. The van der Waals surface area contributed by atoms with Crippen molar-refractivity contribution < 1.29 is 67.7 Å². The van der Waals surface area contributed by atoms with E-state index in [1.165, 1.54) is 16.2 Å². The summed E-state index contributed by atoms with van der Waals surface area (Å²) in [7, 11) is 1.71. The molecule has 0 bridgehead atoms. The quantitative estimate of drug-likeness (QED) is 0.559. The van der Waals surface area contributed by atoms with Gasteiger partial charge in [0.15, 0.2) is 0 Å². The van der Waals surface area contributed by atoms with Gasteiger partial charge in [-0.3, -0.25) is 0 Å². The third-order valence-electron chi connectivity index (χ3n) is 3.05. The molecular weight excluding hydrogens is 322 g/mol. The average Bonchev–Trinajstić information content (AvgIpc) is 2.66. The fraction of sp³-hybridized carbons (Fsp3) is 0.500. The summed E-state index contributed by atoms with van der Waals surface area (Å²) in [5.41, 5.74) is 1.71. The van der Waals surface area contributed by atoms with Gasteiger partial charge in [0.25, 0.3) is 0 Å². The van der Waals surface area contributed by atoms with E-state index in [9.17, 15) is 4.79 Å². The molecule has 0 saturated heterocycles. The average molecular weight is 335 g/mol. The van der Waals surface area contributed by atoms with E-state index < -0.39 is 0 Å². The second-order valence-electron chi connectivity index (χ2n) is 4.11. The van der Waals surface area contributed by atoms with Crippen LogP contribution < -0.4 is 63.5 Å². The van der Waals surface area contributed by atoms with Crippen LogP contribution in [0.5, 0.6) is 0 Å². The first-order chi connectivity index (χ1) is 8.30. The summed E-state index contributed by atoms with van der Waals surface area (Å²) in [6, 6.07) is 2.17. The van der Waals surface area contributed by atoms with Crippen molar-refractivity contribution in [3.05, 3.63) is 16.0 Å². The van der Waals surface area contributed by atoms with Gasteiger partial charge in [0, 0.05) is 19.3 Å². The number of carbonyl (C=O) groups excluding carboxylic acids is 1. The van der Waals surface area contributed by atoms with E-state index in [2.05, 4.69) is 11.4 Å². The van der Waals surface area contributed by atoms with Crippen LogP contribution in [0.1, 0.15) is 22.4 Å². The number of fused-ring (bicyclic) bond motifs is 1. The van der Waals surface area contributed by atoms with Gasteiger partial charge in [0.1, 0.15) is 0 Å². The molecule has 0 aromatic carbocycles. The van der Waals surface area contributed by atoms with Gasteiger partial charge in [-0.15, -0.1) is 0 Å². The van der Waals surface area contributed by atoms with Crippen LogP contribution >= 0.6 is 11.3 Å². The van der Waals surface area contributed by atoms with Gasteiger partial charge >= 0.3 is 58.2 Å². The smallest absolute Gasteiger partial charge is 0.481 e. The van der Waals surface area contributed by atoms with Crippen LogP contribution in [0.25, 0.3) is 0 Å². The zero-order chi connectivity index (χ0) is 12.3. The molecule has 1 aliphatic rings. The molecule has 1 unspecified atom stereocenters. The third kappa shape index (κ3) is 3.50. The van der Waals surface area contributed by atoms with Gasteiger partial charge in [0.05, 0.1) is 12.5 Å². The summed E-state index contributed by atoms with van der Waals surface area (Å²) in [5, 5.41) is 12.2. The van der Waals surface area contributed by atoms with E-state index >= 15 is 0 Å². The summed E-state index contributed by atoms with van der Waals surface area (Å²) in [5.74, 6) is 0.519. The van der Waals surface area contributed by atoms with Crippen LogP contribution in [0.2, 0.25) is 0 Å². The van der Waals surface area contributed by atoms with Crippen molar-refractivity contribution in [2.45, 2.75) is 19.3 Å². The Morgan fingerprint density at radius 2 is 2.44 bits per heavy atom. The van der Waals surface area contributed by atoms with Crippen molar-refractivity contribution in [2.75, 3.05) is 19.0 Å². The molecule has 1 aliphatic carbocycles. The monoisotopic (exact) mass is 334 g/mol. The molecule has 90 valence electrons. The van der Waals surface area contributed by atoms with Crippen LogP contribution in [-0.4, -0.2) is 20.1 Å². The molecular formula is C12H13N2O2RbS. The maximum Gasteiger partial charge on any atom is 1.00 e. The first-order valence-corrected chi connectivity index (χ1v) is 6.28. The molecule has 6 heteroatoms. The van der Waals surface area contributed by atoms with Crippen LogP contribution in [0.3, 0.4) is 0 Å². The second-order valence-corrected chi connectivity index (χ2v) is 5.22. The summed E-state index contributed by atoms with van der Waals surface area (Å²) >= 11 is 1.49. The van der Waals surface area contributed by atoms with Crippen molar-refractivity contribution in [1.82, 2.24) is 0 Å². The molecule has 1 aromatic heterocycles. The zero-order valence-electron chi connectivity index (χ0n) is 10.6. The first kappa shape index (κ1) is 16.5. The molecule has 0 fully saturated rings. The largest absolute Gasteiger partial charge is 1.00 e. The van der Waals surface area contributed by atoms with Gasteiger partial charge < -0.3 is 14.8 Å². The third-order valence-corrected chi connectivity index (χ3v) is 4.22. The molecule has 18 heavy (non-hydrogen) atoms. The molecule has 1 heterocycles. The SMILES string of the molecule is COCC1CCc2c(sc(N[C-]=O)c2C#N)C1.[Rb+]. The van der Waals surface area contributed by atoms with Crippen molar-refractivity contribution in [2.24, 2.45) is 5.92 Å². The molecule has 4 nitrogen and oxygen atoms in total. The predicted octanol–water partition coefficient (Wildman–Crippen LogP) is -1.15. The van der Waals surface area contributed by atoms with Crippen LogP contribution in [0.4, 0.5) is 5.00 Å². The van der Waals surface area contributed by atoms with E-state index in [-0.39, 0.29) is 58.2 Å². The fourth-order valence-electron chi connectivity index (χ4n) is 2.28. The Kier molecular flexibility index (Phi) is 7.21. The summed E-state index contributed by atoms with van der Waals surface area (Å²) in [6.07, 6.45) is 4.50. The van der Waals surface area contributed by atoms with Crippen molar-refractivity contribution in [3.8, 4) is 6.07 Å². The number of hydrogen-bond acceptors (Lipinski definition) is 4. The summed E-state index contributed by atoms with van der Waals surface area (Å²) < 4.78 is 5.17. The number of amides is 1. The number of anilines is 1. The van der Waals surface area contributed by atoms with Crippen molar-refractivity contribution in [1.29, 1.82) is 5.26 Å². The molecule has 0 spiro atoms. The standard InChI is InChI=1S/C12H13N2O2S.Rb/c1-16-6-8-2-3-9-10(5-13)12(14-7-15)17-11(9)4-8;/h8H,2-4,6H2,1H3,(H,14,15);/q-1;+1. The normalized spacial score (nSPS) is 17.2. The molecule has 0 aliphatic heterocycles. The molecule has 1 aromatic rings. The van der Waals surface area contributed by atoms with Gasteiger partial charge in [-0.05, 0) is 40.6 Å². The van der Waals surface area contributed by atoms with E-state index in [4.69, 9.17) is 10.00 Å². The zero-order valence-corrected chi connectivity index (χ0v) is 16.3. The molecule has 1 amide bonds. The predicted molar refractivity (Wildman–Crippen MR) is 65.7 cm³/mol. The first-order valence-electron chi connectivity index (χ1n) is 5.46.